The highest BCUT2D eigenvalue weighted by molar-refractivity contribution is 5.97. The van der Waals surface area contributed by atoms with Gasteiger partial charge in [-0.3, -0.25) is 19.1 Å². The van der Waals surface area contributed by atoms with Crippen molar-refractivity contribution in [3.8, 4) is 11.5 Å². The highest BCUT2D eigenvalue weighted by atomic mass is 16.5. The van der Waals surface area contributed by atoms with Gasteiger partial charge in [-0.1, -0.05) is 43.3 Å². The van der Waals surface area contributed by atoms with Crippen LogP contribution < -0.4 is 31.4 Å². The molecule has 1 aromatic heterocycles. The molecule has 0 radical (unpaired) electrons. The van der Waals surface area contributed by atoms with Gasteiger partial charge in [0.25, 0.3) is 11.5 Å². The second-order valence-electron chi connectivity index (χ2n) is 8.45. The Labute approximate surface area is 225 Å². The molecule has 1 heterocycles. The van der Waals surface area contributed by atoms with Crippen molar-refractivity contribution < 1.29 is 23.8 Å². The SMILES string of the molecule is CCCOc1ccc(/C=C/C(=O)OCC(=O)N(C)c2c(N)n(Cc3ccccc3)c(=O)[nH]c2=O)cc1OCC. The lowest BCUT2D eigenvalue weighted by Crippen LogP contribution is -2.40. The quantitative estimate of drug-likeness (QED) is 0.265. The third kappa shape index (κ3) is 7.60. The first-order valence-corrected chi connectivity index (χ1v) is 12.4. The smallest absolute Gasteiger partial charge is 0.331 e. The molecule has 0 saturated heterocycles. The molecular formula is C28H32N4O7. The number of nitrogens with zero attached hydrogens (tertiary/aromatic N) is 2. The summed E-state index contributed by atoms with van der Waals surface area (Å²) in [5.41, 5.74) is 5.80. The van der Waals surface area contributed by atoms with Crippen molar-refractivity contribution in [2.45, 2.75) is 26.8 Å². The molecule has 0 atom stereocenters. The fourth-order valence-corrected chi connectivity index (χ4v) is 3.62. The zero-order valence-electron chi connectivity index (χ0n) is 22.1. The van der Waals surface area contributed by atoms with Crippen LogP contribution in [0, 0.1) is 0 Å². The van der Waals surface area contributed by atoms with E-state index in [2.05, 4.69) is 4.98 Å². The van der Waals surface area contributed by atoms with E-state index in [-0.39, 0.29) is 18.1 Å². The number of nitrogens with one attached hydrogen (secondary N) is 1. The standard InChI is InChI=1S/C28H32N4O7/c1-4-15-38-21-13-11-19(16-22(21)37-5-2)12-14-24(34)39-18-23(33)31(3)25-26(29)32(28(36)30-27(25)35)17-20-9-7-6-8-10-20/h6-14,16H,4-5,15,17-18,29H2,1-3H3,(H,30,35,36)/b14-12+. The number of aromatic nitrogens is 2. The summed E-state index contributed by atoms with van der Waals surface area (Å²) < 4.78 is 17.5. The van der Waals surface area contributed by atoms with Crippen molar-refractivity contribution >= 4 is 29.5 Å². The number of carbonyl (C=O) groups is 2. The fraction of sp³-hybridized carbons (Fsp3) is 0.286. The minimum absolute atomic E-state index is 0.0911. The number of ether oxygens (including phenoxy) is 3. The number of benzene rings is 2. The molecule has 206 valence electrons. The first-order valence-electron chi connectivity index (χ1n) is 12.4. The number of aromatic amines is 1. The summed E-state index contributed by atoms with van der Waals surface area (Å²) in [7, 11) is 1.31. The number of H-pyrrole nitrogens is 1. The van der Waals surface area contributed by atoms with Crippen molar-refractivity contribution in [2.75, 3.05) is 37.5 Å². The maximum atomic E-state index is 12.7. The molecule has 0 spiro atoms. The molecule has 0 unspecified atom stereocenters. The summed E-state index contributed by atoms with van der Waals surface area (Å²) >= 11 is 0. The monoisotopic (exact) mass is 536 g/mol. The van der Waals surface area contributed by atoms with E-state index in [1.165, 1.54) is 19.2 Å². The Kier molecular flexibility index (Phi) is 10.1. The van der Waals surface area contributed by atoms with E-state index in [0.29, 0.717) is 30.3 Å². The number of anilines is 2. The van der Waals surface area contributed by atoms with E-state index >= 15 is 0 Å². The van der Waals surface area contributed by atoms with E-state index in [4.69, 9.17) is 19.9 Å². The molecule has 3 aromatic rings. The fourth-order valence-electron chi connectivity index (χ4n) is 3.62. The Morgan fingerprint density at radius 2 is 1.79 bits per heavy atom. The van der Waals surface area contributed by atoms with Crippen molar-refractivity contribution in [3.05, 3.63) is 86.6 Å². The second kappa shape index (κ2) is 13.7. The topological polar surface area (TPSA) is 146 Å². The van der Waals surface area contributed by atoms with Gasteiger partial charge in [0.1, 0.15) is 5.82 Å². The Hall–Kier alpha value is -4.80. The third-order valence-corrected chi connectivity index (χ3v) is 5.59. The normalized spacial score (nSPS) is 10.8. The van der Waals surface area contributed by atoms with Crippen LogP contribution in [0.25, 0.3) is 6.08 Å². The van der Waals surface area contributed by atoms with Gasteiger partial charge in [0.2, 0.25) is 0 Å². The van der Waals surface area contributed by atoms with E-state index in [0.717, 1.165) is 21.5 Å². The Balaban J connectivity index is 1.67. The van der Waals surface area contributed by atoms with E-state index in [1.807, 2.05) is 19.9 Å². The number of hydrogen-bond donors (Lipinski definition) is 2. The van der Waals surface area contributed by atoms with Gasteiger partial charge in [-0.25, -0.2) is 9.59 Å². The first-order chi connectivity index (χ1) is 18.7. The van der Waals surface area contributed by atoms with Crippen molar-refractivity contribution in [1.29, 1.82) is 0 Å². The lowest BCUT2D eigenvalue weighted by Gasteiger charge is -2.20. The number of hydrogen-bond acceptors (Lipinski definition) is 8. The van der Waals surface area contributed by atoms with E-state index < -0.39 is 29.7 Å². The number of amides is 1. The van der Waals surface area contributed by atoms with Crippen LogP contribution in [0.15, 0.2) is 64.2 Å². The number of nitrogen functional groups attached to an aromatic ring is 1. The molecule has 39 heavy (non-hydrogen) atoms. The number of carbonyl (C=O) groups excluding carboxylic acids is 2. The third-order valence-electron chi connectivity index (χ3n) is 5.59. The zero-order valence-corrected chi connectivity index (χ0v) is 22.1. The minimum Gasteiger partial charge on any atom is -0.490 e. The predicted molar refractivity (Wildman–Crippen MR) is 148 cm³/mol. The van der Waals surface area contributed by atoms with Crippen LogP contribution >= 0.6 is 0 Å². The van der Waals surface area contributed by atoms with Gasteiger partial charge in [-0.2, -0.15) is 0 Å². The first kappa shape index (κ1) is 28.8. The molecule has 3 N–H and O–H groups in total. The van der Waals surface area contributed by atoms with Crippen LogP contribution in [0.2, 0.25) is 0 Å². The highest BCUT2D eigenvalue weighted by Crippen LogP contribution is 2.29. The van der Waals surface area contributed by atoms with Crippen LogP contribution in [-0.4, -0.2) is 48.3 Å². The second-order valence-corrected chi connectivity index (χ2v) is 8.45. The molecule has 11 nitrogen and oxygen atoms in total. The molecular weight excluding hydrogens is 504 g/mol. The maximum Gasteiger partial charge on any atom is 0.331 e. The highest BCUT2D eigenvalue weighted by Gasteiger charge is 2.22. The Bertz CT molecular complexity index is 1440. The summed E-state index contributed by atoms with van der Waals surface area (Å²) in [6.45, 7) is 4.30. The van der Waals surface area contributed by atoms with Gasteiger partial charge >= 0.3 is 11.7 Å². The molecule has 11 heteroatoms. The van der Waals surface area contributed by atoms with Crippen LogP contribution in [0.1, 0.15) is 31.4 Å². The zero-order chi connectivity index (χ0) is 28.4. The number of likely N-dealkylation sites (N-methyl/N-ethyl adjacent to an activating group) is 1. The predicted octanol–water partition coefficient (Wildman–Crippen LogP) is 2.57. The van der Waals surface area contributed by atoms with Gasteiger partial charge in [-0.15, -0.1) is 0 Å². The largest absolute Gasteiger partial charge is 0.490 e. The molecule has 2 aromatic carbocycles. The van der Waals surface area contributed by atoms with Crippen molar-refractivity contribution in [3.63, 3.8) is 0 Å². The lowest BCUT2D eigenvalue weighted by atomic mass is 10.2. The van der Waals surface area contributed by atoms with Crippen LogP contribution in [0.4, 0.5) is 11.5 Å². The average Bonchev–Trinajstić information content (AvgIpc) is 2.92. The molecule has 0 aliphatic heterocycles. The van der Waals surface area contributed by atoms with Crippen LogP contribution in [0.3, 0.4) is 0 Å². The molecule has 0 fully saturated rings. The van der Waals surface area contributed by atoms with E-state index in [9.17, 15) is 19.2 Å². The van der Waals surface area contributed by atoms with Gasteiger partial charge < -0.3 is 24.8 Å². The molecule has 0 aliphatic carbocycles. The minimum atomic E-state index is -0.833. The van der Waals surface area contributed by atoms with Gasteiger partial charge in [0, 0.05) is 13.1 Å². The number of rotatable bonds is 12. The molecule has 1 amide bonds. The average molecular weight is 537 g/mol. The lowest BCUT2D eigenvalue weighted by molar-refractivity contribution is -0.142. The van der Waals surface area contributed by atoms with Gasteiger partial charge in [0.05, 0.1) is 19.8 Å². The maximum absolute atomic E-state index is 12.7. The summed E-state index contributed by atoms with van der Waals surface area (Å²) in [5.74, 6) is -0.510. The molecule has 0 bridgehead atoms. The Morgan fingerprint density at radius 1 is 1.05 bits per heavy atom. The van der Waals surface area contributed by atoms with Crippen molar-refractivity contribution in [2.24, 2.45) is 0 Å². The van der Waals surface area contributed by atoms with Crippen molar-refractivity contribution in [1.82, 2.24) is 9.55 Å². The summed E-state index contributed by atoms with van der Waals surface area (Å²) in [6.07, 6.45) is 3.54. The number of nitrogens with two attached hydrogens (primary N) is 1. The van der Waals surface area contributed by atoms with Gasteiger partial charge in [0.15, 0.2) is 23.8 Å². The molecule has 3 rings (SSSR count). The summed E-state index contributed by atoms with van der Waals surface area (Å²) in [6, 6.07) is 14.3. The Morgan fingerprint density at radius 3 is 2.49 bits per heavy atom. The summed E-state index contributed by atoms with van der Waals surface area (Å²) in [5, 5.41) is 0. The van der Waals surface area contributed by atoms with Crippen LogP contribution in [0.5, 0.6) is 11.5 Å². The van der Waals surface area contributed by atoms with Gasteiger partial charge in [-0.05, 0) is 42.7 Å². The summed E-state index contributed by atoms with van der Waals surface area (Å²) in [4.78, 5) is 53.0. The molecule has 0 saturated carbocycles. The van der Waals surface area contributed by atoms with Crippen LogP contribution in [-0.2, 0) is 20.9 Å². The number of esters is 1. The van der Waals surface area contributed by atoms with E-state index in [1.54, 1.807) is 42.5 Å². The molecule has 0 aliphatic rings.